The van der Waals surface area contributed by atoms with E-state index in [2.05, 4.69) is 4.99 Å². The largest absolute Gasteiger partial charge is 0.279 e. The van der Waals surface area contributed by atoms with E-state index in [1.54, 1.807) is 6.07 Å². The lowest BCUT2D eigenvalue weighted by Gasteiger charge is -2.12. The van der Waals surface area contributed by atoms with Crippen LogP contribution in [0.1, 0.15) is 12.5 Å². The third-order valence-electron chi connectivity index (χ3n) is 3.10. The molecule has 1 aliphatic heterocycles. The van der Waals surface area contributed by atoms with Crippen LogP contribution in [0, 0.1) is 16.0 Å². The smallest absolute Gasteiger partial charge is 0.258 e. The number of nitro benzene ring substituents is 1. The Kier molecular flexibility index (Phi) is 1.98. The molecule has 1 aliphatic carbocycles. The van der Waals surface area contributed by atoms with Crippen molar-refractivity contribution >= 4 is 22.7 Å². The summed E-state index contributed by atoms with van der Waals surface area (Å²) in [7, 11) is 0. The quantitative estimate of drug-likeness (QED) is 0.545. The van der Waals surface area contributed by atoms with Crippen molar-refractivity contribution in [3.8, 4) is 0 Å². The van der Waals surface area contributed by atoms with Crippen molar-refractivity contribution in [3.05, 3.63) is 52.1 Å². The molecule has 3 rings (SSSR count). The van der Waals surface area contributed by atoms with Gasteiger partial charge in [0.25, 0.3) is 5.69 Å². The number of hydrogen-bond donors (Lipinski definition) is 0. The van der Waals surface area contributed by atoms with Crippen LogP contribution in [0.15, 0.2) is 41.4 Å². The lowest BCUT2D eigenvalue weighted by molar-refractivity contribution is -0.385. The summed E-state index contributed by atoms with van der Waals surface area (Å²) < 4.78 is 0. The Hall–Kier alpha value is -2.23. The molecule has 4 nitrogen and oxygen atoms in total. The monoisotopic (exact) mass is 226 g/mol. The van der Waals surface area contributed by atoms with Crippen LogP contribution >= 0.6 is 0 Å². The second-order valence-corrected chi connectivity index (χ2v) is 4.18. The SMILES string of the molecule is CC1C=CC=C2C1=Nc1cccc([N+](=O)[O-])c12. The predicted octanol–water partition coefficient (Wildman–Crippen LogP) is 3.27. The summed E-state index contributed by atoms with van der Waals surface area (Å²) in [6.45, 7) is 2.04. The minimum Gasteiger partial charge on any atom is -0.258 e. The van der Waals surface area contributed by atoms with Gasteiger partial charge in [-0.3, -0.25) is 15.1 Å². The highest BCUT2D eigenvalue weighted by Crippen LogP contribution is 2.43. The first kappa shape index (κ1) is 9.96. The Morgan fingerprint density at radius 3 is 3.00 bits per heavy atom. The van der Waals surface area contributed by atoms with E-state index < -0.39 is 0 Å². The zero-order chi connectivity index (χ0) is 12.0. The number of rotatable bonds is 1. The van der Waals surface area contributed by atoms with Crippen LogP contribution < -0.4 is 0 Å². The Bertz CT molecular complexity index is 612. The third-order valence-corrected chi connectivity index (χ3v) is 3.10. The van der Waals surface area contributed by atoms with Gasteiger partial charge in [0, 0.05) is 17.6 Å². The zero-order valence-corrected chi connectivity index (χ0v) is 9.25. The average Bonchev–Trinajstić information content (AvgIpc) is 2.69. The maximum absolute atomic E-state index is 11.0. The lowest BCUT2D eigenvalue weighted by Crippen LogP contribution is -2.10. The molecule has 0 bridgehead atoms. The first-order chi connectivity index (χ1) is 8.18. The van der Waals surface area contributed by atoms with Gasteiger partial charge in [0.2, 0.25) is 0 Å². The topological polar surface area (TPSA) is 55.5 Å². The number of allylic oxidation sites excluding steroid dienone is 4. The first-order valence-electron chi connectivity index (χ1n) is 5.43. The van der Waals surface area contributed by atoms with Crippen molar-refractivity contribution in [1.82, 2.24) is 0 Å². The fraction of sp³-hybridized carbons (Fsp3) is 0.154. The van der Waals surface area contributed by atoms with Crippen LogP contribution in [0.25, 0.3) is 5.57 Å². The Morgan fingerprint density at radius 2 is 2.24 bits per heavy atom. The molecule has 0 radical (unpaired) electrons. The number of fused-ring (bicyclic) bond motifs is 3. The highest BCUT2D eigenvalue weighted by Gasteiger charge is 2.31. The molecule has 0 amide bonds. The molecule has 1 unspecified atom stereocenters. The van der Waals surface area contributed by atoms with Gasteiger partial charge in [0.1, 0.15) is 0 Å². The van der Waals surface area contributed by atoms with Gasteiger partial charge in [-0.15, -0.1) is 0 Å². The van der Waals surface area contributed by atoms with E-state index >= 15 is 0 Å². The standard InChI is InChI=1S/C13H10N2O2/c1-8-4-2-5-9-12-10(14-13(8)9)6-3-7-11(12)15(16)17/h2-8H,1H3. The van der Waals surface area contributed by atoms with Crippen molar-refractivity contribution in [3.63, 3.8) is 0 Å². The van der Waals surface area contributed by atoms with Crippen molar-refractivity contribution < 1.29 is 4.92 Å². The van der Waals surface area contributed by atoms with Crippen LogP contribution in [0.5, 0.6) is 0 Å². The first-order valence-corrected chi connectivity index (χ1v) is 5.43. The molecule has 0 saturated carbocycles. The number of benzene rings is 1. The molecule has 0 fully saturated rings. The summed E-state index contributed by atoms with van der Waals surface area (Å²) in [6.07, 6.45) is 5.88. The minimum atomic E-state index is -0.346. The molecule has 17 heavy (non-hydrogen) atoms. The summed E-state index contributed by atoms with van der Waals surface area (Å²) >= 11 is 0. The van der Waals surface area contributed by atoms with Gasteiger partial charge in [0.15, 0.2) is 0 Å². The van der Waals surface area contributed by atoms with Crippen LogP contribution in [-0.4, -0.2) is 10.6 Å². The molecule has 1 atom stereocenters. The fourth-order valence-electron chi connectivity index (χ4n) is 2.29. The Morgan fingerprint density at radius 1 is 1.41 bits per heavy atom. The van der Waals surface area contributed by atoms with Gasteiger partial charge in [-0.2, -0.15) is 0 Å². The second-order valence-electron chi connectivity index (χ2n) is 4.18. The van der Waals surface area contributed by atoms with E-state index in [0.29, 0.717) is 11.3 Å². The fourth-order valence-corrected chi connectivity index (χ4v) is 2.29. The van der Waals surface area contributed by atoms with Gasteiger partial charge in [0.05, 0.1) is 21.9 Å². The van der Waals surface area contributed by atoms with Crippen LogP contribution in [0.2, 0.25) is 0 Å². The Labute approximate surface area is 98.1 Å². The molecule has 1 heterocycles. The van der Waals surface area contributed by atoms with Gasteiger partial charge in [-0.1, -0.05) is 31.2 Å². The normalized spacial score (nSPS) is 20.4. The summed E-state index contributed by atoms with van der Waals surface area (Å²) in [5.74, 6) is 0.210. The molecule has 1 aromatic carbocycles. The minimum absolute atomic E-state index is 0.134. The van der Waals surface area contributed by atoms with E-state index in [9.17, 15) is 10.1 Å². The number of nitro groups is 1. The molecule has 84 valence electrons. The van der Waals surface area contributed by atoms with Crippen molar-refractivity contribution in [2.24, 2.45) is 10.9 Å². The van der Waals surface area contributed by atoms with Crippen LogP contribution in [0.3, 0.4) is 0 Å². The summed E-state index contributed by atoms with van der Waals surface area (Å²) in [5.41, 5.74) is 3.31. The van der Waals surface area contributed by atoms with Gasteiger partial charge in [-0.25, -0.2) is 0 Å². The molecular formula is C13H10N2O2. The summed E-state index contributed by atoms with van der Waals surface area (Å²) in [5, 5.41) is 11.0. The highest BCUT2D eigenvalue weighted by molar-refractivity contribution is 6.32. The molecule has 0 aromatic heterocycles. The predicted molar refractivity (Wildman–Crippen MR) is 66.5 cm³/mol. The van der Waals surface area contributed by atoms with Crippen LogP contribution in [0.4, 0.5) is 11.4 Å². The zero-order valence-electron chi connectivity index (χ0n) is 9.25. The van der Waals surface area contributed by atoms with E-state index in [0.717, 1.165) is 11.3 Å². The summed E-state index contributed by atoms with van der Waals surface area (Å²) in [4.78, 5) is 15.2. The maximum atomic E-state index is 11.0. The molecule has 1 aromatic rings. The number of nitrogens with zero attached hydrogens (tertiary/aromatic N) is 2. The molecule has 0 N–H and O–H groups in total. The van der Waals surface area contributed by atoms with E-state index in [1.165, 1.54) is 6.07 Å². The maximum Gasteiger partial charge on any atom is 0.279 e. The third kappa shape index (κ3) is 1.34. The molecular weight excluding hydrogens is 216 g/mol. The number of hydrogen-bond acceptors (Lipinski definition) is 3. The van der Waals surface area contributed by atoms with E-state index in [1.807, 2.05) is 31.2 Å². The molecule has 4 heteroatoms. The van der Waals surface area contributed by atoms with E-state index in [4.69, 9.17) is 0 Å². The van der Waals surface area contributed by atoms with Gasteiger partial charge >= 0.3 is 0 Å². The van der Waals surface area contributed by atoms with Gasteiger partial charge < -0.3 is 0 Å². The molecule has 0 saturated heterocycles. The van der Waals surface area contributed by atoms with Crippen LogP contribution in [-0.2, 0) is 0 Å². The molecule has 0 spiro atoms. The van der Waals surface area contributed by atoms with Crippen molar-refractivity contribution in [1.29, 1.82) is 0 Å². The van der Waals surface area contributed by atoms with Gasteiger partial charge in [-0.05, 0) is 6.07 Å². The molecule has 2 aliphatic rings. The second kappa shape index (κ2) is 3.38. The summed E-state index contributed by atoms with van der Waals surface area (Å²) in [6, 6.07) is 5.03. The highest BCUT2D eigenvalue weighted by atomic mass is 16.6. The Balaban J connectivity index is 2.26. The van der Waals surface area contributed by atoms with Crippen molar-refractivity contribution in [2.75, 3.05) is 0 Å². The number of aliphatic imine (C=N–C) groups is 1. The van der Waals surface area contributed by atoms with E-state index in [-0.39, 0.29) is 16.5 Å². The lowest BCUT2D eigenvalue weighted by atomic mass is 9.90. The van der Waals surface area contributed by atoms with Crippen molar-refractivity contribution in [2.45, 2.75) is 6.92 Å². The average molecular weight is 226 g/mol.